The van der Waals surface area contributed by atoms with E-state index >= 15 is 0 Å². The van der Waals surface area contributed by atoms with Crippen LogP contribution in [0.4, 0.5) is 0 Å². The summed E-state index contributed by atoms with van der Waals surface area (Å²) in [5, 5.41) is 11.8. The second-order valence-corrected chi connectivity index (χ2v) is 8.18. The van der Waals surface area contributed by atoms with E-state index in [2.05, 4.69) is 10.0 Å². The standard InChI is InChI=1S/C16H22N2O5S/c1-2-24(22,23)17-11-12-4-6-13(7-5-12)15(21)18-16(8-3-9-16)10-14(19)20/h4-7,17H,2-3,8-11H2,1H3,(H,18,21)(H,19,20). The molecule has 132 valence electrons. The third kappa shape index (κ3) is 4.78. The molecule has 2 rings (SSSR count). The van der Waals surface area contributed by atoms with Gasteiger partial charge in [-0.15, -0.1) is 0 Å². The largest absolute Gasteiger partial charge is 0.481 e. The van der Waals surface area contributed by atoms with E-state index in [1.54, 1.807) is 31.2 Å². The van der Waals surface area contributed by atoms with Crippen molar-refractivity contribution < 1.29 is 23.1 Å². The Balaban J connectivity index is 1.97. The summed E-state index contributed by atoms with van der Waals surface area (Å²) in [4.78, 5) is 23.2. The lowest BCUT2D eigenvalue weighted by atomic mass is 9.74. The molecule has 3 N–H and O–H groups in total. The van der Waals surface area contributed by atoms with Crippen molar-refractivity contribution in [1.29, 1.82) is 0 Å². The number of carbonyl (C=O) groups is 2. The Labute approximate surface area is 141 Å². The summed E-state index contributed by atoms with van der Waals surface area (Å²) >= 11 is 0. The van der Waals surface area contributed by atoms with E-state index < -0.39 is 21.5 Å². The van der Waals surface area contributed by atoms with Gasteiger partial charge >= 0.3 is 5.97 Å². The lowest BCUT2D eigenvalue weighted by molar-refractivity contribution is -0.139. The van der Waals surface area contributed by atoms with Gasteiger partial charge in [-0.25, -0.2) is 13.1 Å². The molecule has 0 saturated heterocycles. The first-order valence-corrected chi connectivity index (χ1v) is 9.51. The average molecular weight is 354 g/mol. The van der Waals surface area contributed by atoms with E-state index in [1.165, 1.54) is 0 Å². The molecule has 1 saturated carbocycles. The zero-order valence-corrected chi connectivity index (χ0v) is 14.4. The zero-order valence-electron chi connectivity index (χ0n) is 13.5. The summed E-state index contributed by atoms with van der Waals surface area (Å²) in [5.41, 5.74) is 0.527. The van der Waals surface area contributed by atoms with E-state index in [0.29, 0.717) is 18.4 Å². The second kappa shape index (κ2) is 7.31. The summed E-state index contributed by atoms with van der Waals surface area (Å²) in [5.74, 6) is -1.22. The maximum absolute atomic E-state index is 12.3. The van der Waals surface area contributed by atoms with Crippen molar-refractivity contribution >= 4 is 21.9 Å². The number of carboxylic acids is 1. The van der Waals surface area contributed by atoms with Gasteiger partial charge in [0.15, 0.2) is 0 Å². The molecule has 1 aliphatic rings. The number of carbonyl (C=O) groups excluding carboxylic acids is 1. The fourth-order valence-electron chi connectivity index (χ4n) is 2.62. The Morgan fingerprint density at radius 2 is 1.83 bits per heavy atom. The lowest BCUT2D eigenvalue weighted by Gasteiger charge is -2.41. The van der Waals surface area contributed by atoms with Crippen molar-refractivity contribution in [2.45, 2.75) is 44.7 Å². The van der Waals surface area contributed by atoms with Crippen LogP contribution in [0.2, 0.25) is 0 Å². The molecule has 1 aromatic rings. The number of rotatable bonds is 8. The van der Waals surface area contributed by atoms with Crippen LogP contribution in [0.15, 0.2) is 24.3 Å². The van der Waals surface area contributed by atoms with Gasteiger partial charge in [-0.1, -0.05) is 12.1 Å². The van der Waals surface area contributed by atoms with Crippen molar-refractivity contribution in [2.75, 3.05) is 5.75 Å². The van der Waals surface area contributed by atoms with Gasteiger partial charge in [0.2, 0.25) is 10.0 Å². The van der Waals surface area contributed by atoms with E-state index in [1.807, 2.05) is 0 Å². The van der Waals surface area contributed by atoms with Crippen molar-refractivity contribution in [3.8, 4) is 0 Å². The molecule has 8 heteroatoms. The first-order valence-electron chi connectivity index (χ1n) is 7.86. The highest BCUT2D eigenvalue weighted by atomic mass is 32.2. The zero-order chi connectivity index (χ0) is 17.8. The molecule has 0 aromatic heterocycles. The van der Waals surface area contributed by atoms with Crippen LogP contribution in [0.5, 0.6) is 0 Å². The fraction of sp³-hybridized carbons (Fsp3) is 0.500. The van der Waals surface area contributed by atoms with Crippen LogP contribution in [-0.2, 0) is 21.4 Å². The van der Waals surface area contributed by atoms with E-state index in [0.717, 1.165) is 12.0 Å². The van der Waals surface area contributed by atoms with Gasteiger partial charge in [0, 0.05) is 12.1 Å². The predicted octanol–water partition coefficient (Wildman–Crippen LogP) is 1.25. The van der Waals surface area contributed by atoms with Gasteiger partial charge in [-0.2, -0.15) is 0 Å². The van der Waals surface area contributed by atoms with Crippen molar-refractivity contribution in [2.24, 2.45) is 0 Å². The van der Waals surface area contributed by atoms with Gasteiger partial charge in [-0.3, -0.25) is 9.59 Å². The smallest absolute Gasteiger partial charge is 0.305 e. The van der Waals surface area contributed by atoms with Crippen LogP contribution in [0.3, 0.4) is 0 Å². The van der Waals surface area contributed by atoms with Gasteiger partial charge < -0.3 is 10.4 Å². The number of amides is 1. The maximum atomic E-state index is 12.3. The first kappa shape index (κ1) is 18.4. The first-order chi connectivity index (χ1) is 11.3. The average Bonchev–Trinajstić information content (AvgIpc) is 2.51. The molecular weight excluding hydrogens is 332 g/mol. The number of benzene rings is 1. The Bertz CT molecular complexity index is 708. The minimum absolute atomic E-state index is 0.0130. The molecule has 1 amide bonds. The molecule has 0 bridgehead atoms. The highest BCUT2D eigenvalue weighted by Gasteiger charge is 2.40. The van der Waals surface area contributed by atoms with Gasteiger partial charge in [0.25, 0.3) is 5.91 Å². The molecule has 0 heterocycles. The number of aliphatic carboxylic acids is 1. The quantitative estimate of drug-likeness (QED) is 0.650. The molecule has 0 unspecified atom stereocenters. The van der Waals surface area contributed by atoms with Crippen LogP contribution in [0.1, 0.15) is 48.5 Å². The van der Waals surface area contributed by atoms with Crippen LogP contribution in [-0.4, -0.2) is 36.7 Å². The number of hydrogen-bond acceptors (Lipinski definition) is 4. The summed E-state index contributed by atoms with van der Waals surface area (Å²) in [6.45, 7) is 1.73. The van der Waals surface area contributed by atoms with Crippen LogP contribution < -0.4 is 10.0 Å². The van der Waals surface area contributed by atoms with E-state index in [-0.39, 0.29) is 24.6 Å². The lowest BCUT2D eigenvalue weighted by Crippen LogP contribution is -2.54. The Morgan fingerprint density at radius 3 is 2.29 bits per heavy atom. The highest BCUT2D eigenvalue weighted by molar-refractivity contribution is 7.89. The van der Waals surface area contributed by atoms with Crippen molar-refractivity contribution in [3.63, 3.8) is 0 Å². The summed E-state index contributed by atoms with van der Waals surface area (Å²) in [6.07, 6.45) is 2.17. The van der Waals surface area contributed by atoms with Crippen LogP contribution >= 0.6 is 0 Å². The normalized spacial score (nSPS) is 16.2. The summed E-state index contributed by atoms with van der Waals surface area (Å²) < 4.78 is 25.3. The maximum Gasteiger partial charge on any atom is 0.305 e. The predicted molar refractivity (Wildman–Crippen MR) is 89.0 cm³/mol. The summed E-state index contributed by atoms with van der Waals surface area (Å²) in [7, 11) is -3.26. The molecule has 0 atom stereocenters. The van der Waals surface area contributed by atoms with Gasteiger partial charge in [0.05, 0.1) is 17.7 Å². The Kier molecular flexibility index (Phi) is 5.61. The SMILES string of the molecule is CCS(=O)(=O)NCc1ccc(C(=O)NC2(CC(=O)O)CCC2)cc1. The minimum atomic E-state index is -3.26. The third-order valence-electron chi connectivity index (χ3n) is 4.27. The minimum Gasteiger partial charge on any atom is -0.481 e. The van der Waals surface area contributed by atoms with E-state index in [9.17, 15) is 18.0 Å². The molecule has 24 heavy (non-hydrogen) atoms. The summed E-state index contributed by atoms with van der Waals surface area (Å²) in [6, 6.07) is 6.57. The molecular formula is C16H22N2O5S. The Hall–Kier alpha value is -1.93. The monoisotopic (exact) mass is 354 g/mol. The number of carboxylic acid groups (broad SMARTS) is 1. The fourth-order valence-corrected chi connectivity index (χ4v) is 3.21. The number of nitrogens with one attached hydrogen (secondary N) is 2. The number of sulfonamides is 1. The van der Waals surface area contributed by atoms with E-state index in [4.69, 9.17) is 5.11 Å². The molecule has 1 aliphatic carbocycles. The Morgan fingerprint density at radius 1 is 1.21 bits per heavy atom. The molecule has 1 aromatic carbocycles. The molecule has 7 nitrogen and oxygen atoms in total. The highest BCUT2D eigenvalue weighted by Crippen LogP contribution is 2.35. The van der Waals surface area contributed by atoms with Gasteiger partial charge in [0.1, 0.15) is 0 Å². The van der Waals surface area contributed by atoms with Gasteiger partial charge in [-0.05, 0) is 43.9 Å². The molecule has 0 spiro atoms. The molecule has 1 fully saturated rings. The molecule has 0 aliphatic heterocycles. The third-order valence-corrected chi connectivity index (χ3v) is 5.62. The van der Waals surface area contributed by atoms with Crippen molar-refractivity contribution in [3.05, 3.63) is 35.4 Å². The van der Waals surface area contributed by atoms with Crippen LogP contribution in [0.25, 0.3) is 0 Å². The topological polar surface area (TPSA) is 113 Å². The van der Waals surface area contributed by atoms with Crippen LogP contribution in [0, 0.1) is 0 Å². The molecule has 0 radical (unpaired) electrons. The van der Waals surface area contributed by atoms with Crippen molar-refractivity contribution in [1.82, 2.24) is 10.0 Å². The second-order valence-electron chi connectivity index (χ2n) is 6.08. The number of hydrogen-bond donors (Lipinski definition) is 3.